The lowest BCUT2D eigenvalue weighted by Gasteiger charge is -2.31. The molecule has 136 valence electrons. The summed E-state index contributed by atoms with van der Waals surface area (Å²) in [7, 11) is 2.15. The van der Waals surface area contributed by atoms with E-state index >= 15 is 0 Å². The van der Waals surface area contributed by atoms with E-state index in [0.29, 0.717) is 11.4 Å². The first kappa shape index (κ1) is 17.3. The van der Waals surface area contributed by atoms with Crippen LogP contribution in [0.2, 0.25) is 0 Å². The first-order chi connectivity index (χ1) is 12.5. The van der Waals surface area contributed by atoms with Gasteiger partial charge in [0.15, 0.2) is 10.7 Å². The number of nitrogens with zero attached hydrogens (tertiary/aromatic N) is 4. The van der Waals surface area contributed by atoms with Crippen LogP contribution in [0.15, 0.2) is 30.5 Å². The molecule has 0 amide bonds. The molecule has 0 atom stereocenters. The Morgan fingerprint density at radius 1 is 1.19 bits per heavy atom. The number of fused-ring (bicyclic) bond motifs is 1. The summed E-state index contributed by atoms with van der Waals surface area (Å²) in [5, 5.41) is 0. The van der Waals surface area contributed by atoms with Crippen molar-refractivity contribution in [3.63, 3.8) is 0 Å². The zero-order valence-corrected chi connectivity index (χ0v) is 15.7. The van der Waals surface area contributed by atoms with E-state index in [0.717, 1.165) is 43.2 Å². The minimum Gasteiger partial charge on any atom is -0.304 e. The number of carbonyl (C=O) groups is 1. The van der Waals surface area contributed by atoms with Gasteiger partial charge in [-0.15, -0.1) is 0 Å². The van der Waals surface area contributed by atoms with Gasteiger partial charge in [-0.05, 0) is 31.3 Å². The summed E-state index contributed by atoms with van der Waals surface area (Å²) in [5.74, 6) is -0.339. The molecule has 26 heavy (non-hydrogen) atoms. The number of aromatic nitrogens is 2. The molecular weight excluding hydrogens is 351 g/mol. The SMILES string of the molecule is CC(=O)c1c(-c2ccc(F)cc2)nc2sc(CN3CCN(C)CC3)cn12. The molecule has 0 N–H and O–H groups in total. The van der Waals surface area contributed by atoms with Crippen LogP contribution in [0.5, 0.6) is 0 Å². The molecule has 3 heterocycles. The molecule has 0 saturated carbocycles. The molecule has 2 aromatic heterocycles. The van der Waals surface area contributed by atoms with Gasteiger partial charge in [0, 0.05) is 56.3 Å². The lowest BCUT2D eigenvalue weighted by atomic mass is 10.1. The molecule has 3 aromatic rings. The van der Waals surface area contributed by atoms with E-state index in [1.54, 1.807) is 30.4 Å². The van der Waals surface area contributed by atoms with Crippen molar-refractivity contribution in [1.82, 2.24) is 19.2 Å². The van der Waals surface area contributed by atoms with Crippen molar-refractivity contribution >= 4 is 22.1 Å². The van der Waals surface area contributed by atoms with Crippen molar-refractivity contribution in [3.8, 4) is 11.3 Å². The molecule has 1 fully saturated rings. The molecular formula is C19H21FN4OS. The molecule has 4 rings (SSSR count). The monoisotopic (exact) mass is 372 g/mol. The lowest BCUT2D eigenvalue weighted by molar-refractivity contribution is 0.101. The predicted molar refractivity (Wildman–Crippen MR) is 101 cm³/mol. The van der Waals surface area contributed by atoms with Crippen LogP contribution in [0.3, 0.4) is 0 Å². The molecule has 5 nitrogen and oxygen atoms in total. The van der Waals surface area contributed by atoms with E-state index in [-0.39, 0.29) is 11.6 Å². The van der Waals surface area contributed by atoms with Gasteiger partial charge < -0.3 is 4.90 Å². The molecule has 1 aromatic carbocycles. The smallest absolute Gasteiger partial charge is 0.195 e. The molecule has 0 spiro atoms. The number of piperazine rings is 1. The lowest BCUT2D eigenvalue weighted by Crippen LogP contribution is -2.43. The fraction of sp³-hybridized carbons (Fsp3) is 0.368. The number of thiazole rings is 1. The van der Waals surface area contributed by atoms with Crippen molar-refractivity contribution in [2.75, 3.05) is 33.2 Å². The van der Waals surface area contributed by atoms with Gasteiger partial charge >= 0.3 is 0 Å². The third-order valence-corrected chi connectivity index (χ3v) is 5.77. The maximum Gasteiger partial charge on any atom is 0.195 e. The number of ketones is 1. The number of Topliss-reactive ketones (excluding diaryl/α,β-unsaturated/α-hetero) is 1. The topological polar surface area (TPSA) is 40.9 Å². The van der Waals surface area contributed by atoms with Crippen LogP contribution < -0.4 is 0 Å². The third-order valence-electron chi connectivity index (χ3n) is 4.80. The van der Waals surface area contributed by atoms with Gasteiger partial charge in [-0.1, -0.05) is 11.3 Å². The number of likely N-dealkylation sites (N-methyl/N-ethyl adjacent to an activating group) is 1. The van der Waals surface area contributed by atoms with Gasteiger partial charge in [0.05, 0.1) is 0 Å². The average molecular weight is 372 g/mol. The Morgan fingerprint density at radius 2 is 1.88 bits per heavy atom. The largest absolute Gasteiger partial charge is 0.304 e. The fourth-order valence-corrected chi connectivity index (χ4v) is 4.36. The molecule has 0 bridgehead atoms. The van der Waals surface area contributed by atoms with Gasteiger partial charge in [-0.2, -0.15) is 0 Å². The van der Waals surface area contributed by atoms with Crippen LogP contribution in [0.4, 0.5) is 4.39 Å². The highest BCUT2D eigenvalue weighted by atomic mass is 32.1. The Labute approximate surface area is 155 Å². The van der Waals surface area contributed by atoms with Crippen LogP contribution in [-0.4, -0.2) is 58.2 Å². The van der Waals surface area contributed by atoms with Crippen LogP contribution >= 0.6 is 11.3 Å². The van der Waals surface area contributed by atoms with E-state index < -0.39 is 0 Å². The Bertz CT molecular complexity index is 939. The number of hydrogen-bond acceptors (Lipinski definition) is 5. The van der Waals surface area contributed by atoms with E-state index in [1.165, 1.54) is 17.0 Å². The zero-order chi connectivity index (χ0) is 18.3. The summed E-state index contributed by atoms with van der Waals surface area (Å²) in [6, 6.07) is 6.12. The van der Waals surface area contributed by atoms with Crippen LogP contribution in [0.1, 0.15) is 22.3 Å². The maximum absolute atomic E-state index is 13.2. The fourth-order valence-electron chi connectivity index (χ4n) is 3.34. The quantitative estimate of drug-likeness (QED) is 0.660. The van der Waals surface area contributed by atoms with Crippen molar-refractivity contribution in [1.29, 1.82) is 0 Å². The van der Waals surface area contributed by atoms with Gasteiger partial charge in [-0.25, -0.2) is 9.37 Å². The number of benzene rings is 1. The van der Waals surface area contributed by atoms with E-state index in [9.17, 15) is 9.18 Å². The van der Waals surface area contributed by atoms with Gasteiger partial charge in [0.25, 0.3) is 0 Å². The van der Waals surface area contributed by atoms with Gasteiger partial charge in [0.2, 0.25) is 0 Å². The van der Waals surface area contributed by atoms with Gasteiger partial charge in [0.1, 0.15) is 17.2 Å². The van der Waals surface area contributed by atoms with Crippen molar-refractivity contribution in [3.05, 3.63) is 46.9 Å². The predicted octanol–water partition coefficient (Wildman–Crippen LogP) is 3.15. The summed E-state index contributed by atoms with van der Waals surface area (Å²) in [6.45, 7) is 6.69. The summed E-state index contributed by atoms with van der Waals surface area (Å²) in [4.78, 5) is 23.7. The Balaban J connectivity index is 1.66. The summed E-state index contributed by atoms with van der Waals surface area (Å²) in [5.41, 5.74) is 1.94. The number of imidazole rings is 1. The number of hydrogen-bond donors (Lipinski definition) is 0. The number of rotatable bonds is 4. The molecule has 7 heteroatoms. The van der Waals surface area contributed by atoms with Crippen molar-refractivity contribution in [2.45, 2.75) is 13.5 Å². The summed E-state index contributed by atoms with van der Waals surface area (Å²) in [6.07, 6.45) is 2.02. The number of carbonyl (C=O) groups excluding carboxylic acids is 1. The van der Waals surface area contributed by atoms with E-state index in [4.69, 9.17) is 0 Å². The maximum atomic E-state index is 13.2. The first-order valence-corrected chi connectivity index (χ1v) is 9.51. The van der Waals surface area contributed by atoms with Gasteiger partial charge in [-0.3, -0.25) is 14.1 Å². The standard InChI is InChI=1S/C19H21FN4OS/c1-13(25)18-17(14-3-5-15(20)6-4-14)21-19-24(18)12-16(26-19)11-23-9-7-22(2)8-10-23/h3-6,12H,7-11H2,1-2H3. The second kappa shape index (κ2) is 6.90. The van der Waals surface area contributed by atoms with Crippen LogP contribution in [0, 0.1) is 5.82 Å². The minimum absolute atomic E-state index is 0.0410. The highest BCUT2D eigenvalue weighted by molar-refractivity contribution is 7.17. The molecule has 1 aliphatic rings. The highest BCUT2D eigenvalue weighted by Gasteiger charge is 2.21. The Kier molecular flexibility index (Phi) is 4.60. The second-order valence-corrected chi connectivity index (χ2v) is 7.90. The molecule has 1 saturated heterocycles. The zero-order valence-electron chi connectivity index (χ0n) is 14.9. The van der Waals surface area contributed by atoms with Crippen molar-refractivity contribution < 1.29 is 9.18 Å². The minimum atomic E-state index is -0.298. The molecule has 1 aliphatic heterocycles. The normalized spacial score (nSPS) is 16.4. The van der Waals surface area contributed by atoms with Crippen molar-refractivity contribution in [2.24, 2.45) is 0 Å². The van der Waals surface area contributed by atoms with Crippen LogP contribution in [-0.2, 0) is 6.54 Å². The number of halogens is 1. The second-order valence-electron chi connectivity index (χ2n) is 6.80. The molecule has 0 aliphatic carbocycles. The average Bonchev–Trinajstić information content (AvgIpc) is 3.14. The molecule has 0 unspecified atom stereocenters. The van der Waals surface area contributed by atoms with E-state index in [1.807, 2.05) is 10.6 Å². The van der Waals surface area contributed by atoms with E-state index in [2.05, 4.69) is 21.8 Å². The Morgan fingerprint density at radius 3 is 2.54 bits per heavy atom. The third kappa shape index (κ3) is 3.30. The summed E-state index contributed by atoms with van der Waals surface area (Å²) >= 11 is 1.61. The molecule has 0 radical (unpaired) electrons. The highest BCUT2D eigenvalue weighted by Crippen LogP contribution is 2.29. The summed E-state index contributed by atoms with van der Waals surface area (Å²) < 4.78 is 15.1. The first-order valence-electron chi connectivity index (χ1n) is 8.70. The Hall–Kier alpha value is -2.09. The van der Waals surface area contributed by atoms with Crippen LogP contribution in [0.25, 0.3) is 16.2 Å².